The molecule has 1 aliphatic heterocycles. The number of likely N-dealkylation sites (tertiary alicyclic amines) is 1. The van der Waals surface area contributed by atoms with Gasteiger partial charge in [0.15, 0.2) is 0 Å². The monoisotopic (exact) mass is 292 g/mol. The summed E-state index contributed by atoms with van der Waals surface area (Å²) in [4.78, 5) is 12.6. The topological polar surface area (TPSA) is 86.7 Å². The van der Waals surface area contributed by atoms with Gasteiger partial charge in [0.05, 0.1) is 5.75 Å². The highest BCUT2D eigenvalue weighted by Crippen LogP contribution is 2.11. The molecule has 1 rings (SSSR count). The van der Waals surface area contributed by atoms with Gasteiger partial charge in [0.25, 0.3) is 0 Å². The molecule has 2 N–H and O–H groups in total. The molecule has 0 aromatic carbocycles. The predicted molar refractivity (Wildman–Crippen MR) is 73.5 cm³/mol. The predicted octanol–water partition coefficient (Wildman–Crippen LogP) is 0.645. The molecule has 1 fully saturated rings. The van der Waals surface area contributed by atoms with Crippen LogP contribution in [0.5, 0.6) is 0 Å². The van der Waals surface area contributed by atoms with Gasteiger partial charge in [0.2, 0.25) is 10.0 Å². The number of hydrogen-bond acceptors (Lipinski definition) is 4. The van der Waals surface area contributed by atoms with Crippen LogP contribution in [0.3, 0.4) is 0 Å². The van der Waals surface area contributed by atoms with E-state index >= 15 is 0 Å². The van der Waals surface area contributed by atoms with Crippen LogP contribution in [0.4, 0.5) is 0 Å². The largest absolute Gasteiger partial charge is 0.481 e. The molecular weight excluding hydrogens is 268 g/mol. The van der Waals surface area contributed by atoms with E-state index in [9.17, 15) is 13.2 Å². The second kappa shape index (κ2) is 7.81. The Labute approximate surface area is 115 Å². The summed E-state index contributed by atoms with van der Waals surface area (Å²) < 4.78 is 25.9. The number of nitrogens with zero attached hydrogens (tertiary/aromatic N) is 1. The van der Waals surface area contributed by atoms with Gasteiger partial charge in [0, 0.05) is 19.0 Å². The Hall–Kier alpha value is -0.660. The zero-order valence-electron chi connectivity index (χ0n) is 11.5. The minimum Gasteiger partial charge on any atom is -0.481 e. The van der Waals surface area contributed by atoms with E-state index in [0.717, 1.165) is 13.1 Å². The Morgan fingerprint density at radius 1 is 1.32 bits per heavy atom. The van der Waals surface area contributed by atoms with E-state index in [-0.39, 0.29) is 24.6 Å². The maximum atomic E-state index is 11.7. The van der Waals surface area contributed by atoms with Crippen LogP contribution in [0, 0.1) is 0 Å². The van der Waals surface area contributed by atoms with Crippen molar-refractivity contribution in [1.29, 1.82) is 0 Å². The maximum Gasteiger partial charge on any atom is 0.303 e. The van der Waals surface area contributed by atoms with Gasteiger partial charge in [0.1, 0.15) is 0 Å². The first-order valence-corrected chi connectivity index (χ1v) is 8.49. The SMILES string of the molecule is CC(CNS(=O)(=O)CCCC(=O)O)N1CCCCC1. The van der Waals surface area contributed by atoms with E-state index in [0.29, 0.717) is 6.54 Å². The number of aliphatic carboxylic acids is 1. The summed E-state index contributed by atoms with van der Waals surface area (Å²) in [7, 11) is -3.35. The molecule has 0 aliphatic carbocycles. The van der Waals surface area contributed by atoms with Gasteiger partial charge in [-0.05, 0) is 39.3 Å². The molecule has 0 bridgehead atoms. The summed E-state index contributed by atoms with van der Waals surface area (Å²) in [5.74, 6) is -1.08. The molecule has 1 aliphatic rings. The van der Waals surface area contributed by atoms with Gasteiger partial charge < -0.3 is 5.11 Å². The average Bonchev–Trinajstić information content (AvgIpc) is 2.36. The molecule has 1 heterocycles. The number of hydrogen-bond donors (Lipinski definition) is 2. The smallest absolute Gasteiger partial charge is 0.303 e. The zero-order valence-corrected chi connectivity index (χ0v) is 12.3. The van der Waals surface area contributed by atoms with Crippen molar-refractivity contribution in [2.24, 2.45) is 0 Å². The third-order valence-electron chi connectivity index (χ3n) is 3.42. The summed E-state index contributed by atoms with van der Waals surface area (Å²) in [6.45, 7) is 4.48. The molecular formula is C12H24N2O4S. The van der Waals surface area contributed by atoms with Crippen LogP contribution >= 0.6 is 0 Å². The second-order valence-corrected chi connectivity index (χ2v) is 7.04. The Balaban J connectivity index is 2.27. The third kappa shape index (κ3) is 6.89. The quantitative estimate of drug-likeness (QED) is 0.686. The maximum absolute atomic E-state index is 11.7. The summed E-state index contributed by atoms with van der Waals surface area (Å²) in [5, 5.41) is 8.48. The highest BCUT2D eigenvalue weighted by Gasteiger charge is 2.19. The average molecular weight is 292 g/mol. The van der Waals surface area contributed by atoms with Crippen molar-refractivity contribution in [2.45, 2.75) is 45.1 Å². The standard InChI is InChI=1S/C12H24N2O4S/c1-11(14-7-3-2-4-8-14)10-13-19(17,18)9-5-6-12(15)16/h11,13H,2-10H2,1H3,(H,15,16). The zero-order chi connectivity index (χ0) is 14.3. The van der Waals surface area contributed by atoms with Crippen LogP contribution in [0.2, 0.25) is 0 Å². The molecule has 0 aromatic heterocycles. The normalized spacial score (nSPS) is 19.2. The van der Waals surface area contributed by atoms with E-state index in [1.807, 2.05) is 6.92 Å². The fourth-order valence-corrected chi connectivity index (χ4v) is 3.39. The lowest BCUT2D eigenvalue weighted by Gasteiger charge is -2.32. The molecule has 112 valence electrons. The van der Waals surface area contributed by atoms with Crippen LogP contribution in [-0.2, 0) is 14.8 Å². The van der Waals surface area contributed by atoms with Crippen LogP contribution in [-0.4, -0.2) is 55.8 Å². The highest BCUT2D eigenvalue weighted by molar-refractivity contribution is 7.89. The first-order valence-electron chi connectivity index (χ1n) is 6.84. The first kappa shape index (κ1) is 16.4. The van der Waals surface area contributed by atoms with Crippen LogP contribution in [0.1, 0.15) is 39.0 Å². The summed E-state index contributed by atoms with van der Waals surface area (Å²) >= 11 is 0. The lowest BCUT2D eigenvalue weighted by molar-refractivity contribution is -0.137. The van der Waals surface area contributed by atoms with E-state index in [4.69, 9.17) is 5.11 Å². The molecule has 6 nitrogen and oxygen atoms in total. The lowest BCUT2D eigenvalue weighted by Crippen LogP contribution is -2.44. The van der Waals surface area contributed by atoms with Gasteiger partial charge in [-0.25, -0.2) is 13.1 Å². The van der Waals surface area contributed by atoms with Gasteiger partial charge in [-0.15, -0.1) is 0 Å². The number of sulfonamides is 1. The van der Waals surface area contributed by atoms with Crippen molar-refractivity contribution in [3.63, 3.8) is 0 Å². The van der Waals surface area contributed by atoms with Crippen LogP contribution < -0.4 is 4.72 Å². The minimum absolute atomic E-state index is 0.109. The molecule has 19 heavy (non-hydrogen) atoms. The molecule has 0 aromatic rings. The van der Waals surface area contributed by atoms with Crippen molar-refractivity contribution in [1.82, 2.24) is 9.62 Å². The molecule has 0 amide bonds. The van der Waals surface area contributed by atoms with Gasteiger partial charge >= 0.3 is 5.97 Å². The number of nitrogens with one attached hydrogen (secondary N) is 1. The molecule has 0 saturated carbocycles. The van der Waals surface area contributed by atoms with E-state index < -0.39 is 16.0 Å². The van der Waals surface area contributed by atoms with Gasteiger partial charge in [-0.3, -0.25) is 9.69 Å². The number of carboxylic acid groups (broad SMARTS) is 1. The fraction of sp³-hybridized carbons (Fsp3) is 0.917. The van der Waals surface area contributed by atoms with E-state index in [1.165, 1.54) is 19.3 Å². The Morgan fingerprint density at radius 2 is 1.95 bits per heavy atom. The Kier molecular flexibility index (Phi) is 6.74. The highest BCUT2D eigenvalue weighted by atomic mass is 32.2. The number of carbonyl (C=O) groups is 1. The summed E-state index contributed by atoms with van der Waals surface area (Å²) in [6.07, 6.45) is 3.65. The molecule has 0 radical (unpaired) electrons. The van der Waals surface area contributed by atoms with Crippen LogP contribution in [0.25, 0.3) is 0 Å². The Bertz CT molecular complexity index is 377. The second-order valence-electron chi connectivity index (χ2n) is 5.11. The molecule has 0 spiro atoms. The molecule has 1 saturated heterocycles. The first-order chi connectivity index (χ1) is 8.91. The van der Waals surface area contributed by atoms with Crippen molar-refractivity contribution >= 4 is 16.0 Å². The van der Waals surface area contributed by atoms with E-state index in [1.54, 1.807) is 0 Å². The molecule has 1 unspecified atom stereocenters. The number of piperidine rings is 1. The number of carboxylic acids is 1. The summed E-state index contributed by atoms with van der Waals surface area (Å²) in [5.41, 5.74) is 0. The Morgan fingerprint density at radius 3 is 2.53 bits per heavy atom. The van der Waals surface area contributed by atoms with Crippen molar-refractivity contribution < 1.29 is 18.3 Å². The lowest BCUT2D eigenvalue weighted by atomic mass is 10.1. The molecule has 7 heteroatoms. The summed E-state index contributed by atoms with van der Waals surface area (Å²) in [6, 6.07) is 0.189. The van der Waals surface area contributed by atoms with Gasteiger partial charge in [-0.2, -0.15) is 0 Å². The van der Waals surface area contributed by atoms with Crippen molar-refractivity contribution in [2.75, 3.05) is 25.4 Å². The van der Waals surface area contributed by atoms with Crippen molar-refractivity contribution in [3.8, 4) is 0 Å². The van der Waals surface area contributed by atoms with E-state index in [2.05, 4.69) is 9.62 Å². The fourth-order valence-electron chi connectivity index (χ4n) is 2.22. The van der Waals surface area contributed by atoms with Crippen LogP contribution in [0.15, 0.2) is 0 Å². The third-order valence-corrected chi connectivity index (χ3v) is 4.85. The minimum atomic E-state index is -3.35. The van der Waals surface area contributed by atoms with Crippen molar-refractivity contribution in [3.05, 3.63) is 0 Å². The number of rotatable bonds is 8. The molecule has 1 atom stereocenters. The van der Waals surface area contributed by atoms with Gasteiger partial charge in [-0.1, -0.05) is 6.42 Å².